The molecule has 0 fully saturated rings. The van der Waals surface area contributed by atoms with Gasteiger partial charge in [0.25, 0.3) is 0 Å². The van der Waals surface area contributed by atoms with E-state index < -0.39 is 0 Å². The number of rotatable bonds is 1. The van der Waals surface area contributed by atoms with E-state index in [-0.39, 0.29) is 0 Å². The Morgan fingerprint density at radius 3 is 2.74 bits per heavy atom. The number of benzene rings is 2. The van der Waals surface area contributed by atoms with Crippen LogP contribution < -0.4 is 5.32 Å². The van der Waals surface area contributed by atoms with E-state index in [1.165, 1.54) is 5.56 Å². The summed E-state index contributed by atoms with van der Waals surface area (Å²) >= 11 is 0. The molecule has 1 atom stereocenters. The van der Waals surface area contributed by atoms with Crippen LogP contribution in [0.25, 0.3) is 0 Å². The molecule has 2 N–H and O–H groups in total. The maximum Gasteiger partial charge on any atom is 0.116 e. The SMILES string of the molecule is CN1Cc2cc(O)ccc2NCC1c1ccccc1. The van der Waals surface area contributed by atoms with Gasteiger partial charge < -0.3 is 10.4 Å². The molecule has 3 heteroatoms. The Morgan fingerprint density at radius 1 is 1.16 bits per heavy atom. The van der Waals surface area contributed by atoms with Gasteiger partial charge in [-0.05, 0) is 36.4 Å². The summed E-state index contributed by atoms with van der Waals surface area (Å²) in [5.74, 6) is 0.326. The average Bonchev–Trinajstić information content (AvgIpc) is 2.57. The van der Waals surface area contributed by atoms with Gasteiger partial charge >= 0.3 is 0 Å². The molecule has 1 aliphatic rings. The zero-order valence-electron chi connectivity index (χ0n) is 11.0. The van der Waals surface area contributed by atoms with Crippen molar-refractivity contribution in [1.29, 1.82) is 0 Å². The minimum atomic E-state index is 0.326. The lowest BCUT2D eigenvalue weighted by Crippen LogP contribution is -2.26. The summed E-state index contributed by atoms with van der Waals surface area (Å²) in [7, 11) is 2.12. The van der Waals surface area contributed by atoms with E-state index in [1.807, 2.05) is 18.2 Å². The normalized spacial score (nSPS) is 19.3. The van der Waals surface area contributed by atoms with Crippen molar-refractivity contribution in [3.05, 3.63) is 59.7 Å². The minimum Gasteiger partial charge on any atom is -0.508 e. The van der Waals surface area contributed by atoms with Crippen LogP contribution in [0.1, 0.15) is 17.2 Å². The Labute approximate surface area is 113 Å². The second-order valence-corrected chi connectivity index (χ2v) is 5.06. The number of fused-ring (bicyclic) bond motifs is 1. The monoisotopic (exact) mass is 254 g/mol. The molecule has 0 aliphatic carbocycles. The van der Waals surface area contributed by atoms with Crippen molar-refractivity contribution in [1.82, 2.24) is 4.90 Å². The van der Waals surface area contributed by atoms with E-state index >= 15 is 0 Å². The predicted octanol–water partition coefficient (Wildman–Crippen LogP) is 2.99. The summed E-state index contributed by atoms with van der Waals surface area (Å²) in [6.07, 6.45) is 0. The molecule has 1 unspecified atom stereocenters. The Morgan fingerprint density at radius 2 is 1.95 bits per heavy atom. The number of aromatic hydroxyl groups is 1. The molecule has 0 spiro atoms. The first-order chi connectivity index (χ1) is 9.24. The zero-order chi connectivity index (χ0) is 13.2. The molecule has 3 rings (SSSR count). The third kappa shape index (κ3) is 2.42. The molecule has 2 aromatic rings. The molecule has 19 heavy (non-hydrogen) atoms. The lowest BCUT2D eigenvalue weighted by atomic mass is 10.1. The zero-order valence-corrected chi connectivity index (χ0v) is 11.0. The summed E-state index contributed by atoms with van der Waals surface area (Å²) in [6.45, 7) is 1.70. The number of nitrogens with one attached hydrogen (secondary N) is 1. The molecule has 98 valence electrons. The van der Waals surface area contributed by atoms with Crippen molar-refractivity contribution >= 4 is 5.69 Å². The van der Waals surface area contributed by atoms with Gasteiger partial charge in [-0.1, -0.05) is 30.3 Å². The highest BCUT2D eigenvalue weighted by atomic mass is 16.3. The van der Waals surface area contributed by atoms with E-state index in [0.29, 0.717) is 11.8 Å². The van der Waals surface area contributed by atoms with Crippen molar-refractivity contribution in [2.24, 2.45) is 0 Å². The largest absolute Gasteiger partial charge is 0.508 e. The summed E-state index contributed by atoms with van der Waals surface area (Å²) in [6, 6.07) is 16.4. The van der Waals surface area contributed by atoms with Gasteiger partial charge in [-0.3, -0.25) is 4.90 Å². The molecule has 0 amide bonds. The molecule has 3 nitrogen and oxygen atoms in total. The van der Waals surface area contributed by atoms with Crippen molar-refractivity contribution < 1.29 is 5.11 Å². The van der Waals surface area contributed by atoms with Crippen molar-refractivity contribution in [3.63, 3.8) is 0 Å². The number of likely N-dealkylation sites (N-methyl/N-ethyl adjacent to an activating group) is 1. The molecule has 0 saturated carbocycles. The smallest absolute Gasteiger partial charge is 0.116 e. The molecule has 0 bridgehead atoms. The first-order valence-electron chi connectivity index (χ1n) is 6.55. The van der Waals surface area contributed by atoms with Crippen LogP contribution in [0.2, 0.25) is 0 Å². The number of phenols is 1. The Hall–Kier alpha value is -2.00. The molecule has 0 aromatic heterocycles. The predicted molar refractivity (Wildman–Crippen MR) is 77.2 cm³/mol. The second-order valence-electron chi connectivity index (χ2n) is 5.06. The van der Waals surface area contributed by atoms with Crippen LogP contribution in [-0.2, 0) is 6.54 Å². The van der Waals surface area contributed by atoms with Gasteiger partial charge in [-0.2, -0.15) is 0 Å². The summed E-state index contributed by atoms with van der Waals surface area (Å²) in [5.41, 5.74) is 3.57. The van der Waals surface area contributed by atoms with E-state index in [2.05, 4.69) is 41.5 Å². The van der Waals surface area contributed by atoms with Gasteiger partial charge in [-0.25, -0.2) is 0 Å². The molecule has 2 aromatic carbocycles. The molecule has 1 heterocycles. The van der Waals surface area contributed by atoms with Gasteiger partial charge in [-0.15, -0.1) is 0 Å². The Kier molecular flexibility index (Phi) is 3.13. The lowest BCUT2D eigenvalue weighted by molar-refractivity contribution is 0.251. The molecule has 0 saturated heterocycles. The van der Waals surface area contributed by atoms with Crippen molar-refractivity contribution in [3.8, 4) is 5.75 Å². The van der Waals surface area contributed by atoms with Crippen LogP contribution in [0.15, 0.2) is 48.5 Å². The van der Waals surface area contributed by atoms with E-state index in [0.717, 1.165) is 24.3 Å². The van der Waals surface area contributed by atoms with Gasteiger partial charge in [0.2, 0.25) is 0 Å². The highest BCUT2D eigenvalue weighted by Gasteiger charge is 2.21. The van der Waals surface area contributed by atoms with Gasteiger partial charge in [0.1, 0.15) is 5.75 Å². The highest BCUT2D eigenvalue weighted by molar-refractivity contribution is 5.55. The van der Waals surface area contributed by atoms with Crippen LogP contribution in [0.3, 0.4) is 0 Å². The fraction of sp³-hybridized carbons (Fsp3) is 0.250. The maximum absolute atomic E-state index is 9.60. The van der Waals surface area contributed by atoms with E-state index in [9.17, 15) is 5.11 Å². The van der Waals surface area contributed by atoms with E-state index in [1.54, 1.807) is 6.07 Å². The number of phenolic OH excluding ortho intramolecular Hbond substituents is 1. The third-order valence-electron chi connectivity index (χ3n) is 3.71. The fourth-order valence-corrected chi connectivity index (χ4v) is 2.67. The van der Waals surface area contributed by atoms with Gasteiger partial charge in [0, 0.05) is 18.8 Å². The van der Waals surface area contributed by atoms with Crippen molar-refractivity contribution in [2.75, 3.05) is 18.9 Å². The summed E-state index contributed by atoms with van der Waals surface area (Å²) in [5, 5.41) is 13.1. The minimum absolute atomic E-state index is 0.326. The maximum atomic E-state index is 9.60. The standard InChI is InChI=1S/C16H18N2O/c1-18-11-13-9-14(19)7-8-15(13)17-10-16(18)12-5-3-2-4-6-12/h2-9,16-17,19H,10-11H2,1H3. The quantitative estimate of drug-likeness (QED) is 0.768. The highest BCUT2D eigenvalue weighted by Crippen LogP contribution is 2.30. The Bertz CT molecular complexity index is 568. The van der Waals surface area contributed by atoms with Crippen LogP contribution in [0.4, 0.5) is 5.69 Å². The van der Waals surface area contributed by atoms with E-state index in [4.69, 9.17) is 0 Å². The van der Waals surface area contributed by atoms with Crippen LogP contribution >= 0.6 is 0 Å². The summed E-state index contributed by atoms with van der Waals surface area (Å²) < 4.78 is 0. The first-order valence-corrected chi connectivity index (χ1v) is 6.55. The number of anilines is 1. The second kappa shape index (κ2) is 4.94. The van der Waals surface area contributed by atoms with Crippen LogP contribution in [0, 0.1) is 0 Å². The molecule has 0 radical (unpaired) electrons. The number of nitrogens with zero attached hydrogens (tertiary/aromatic N) is 1. The van der Waals surface area contributed by atoms with Gasteiger partial charge in [0.15, 0.2) is 0 Å². The van der Waals surface area contributed by atoms with Crippen LogP contribution in [-0.4, -0.2) is 23.6 Å². The molecule has 1 aliphatic heterocycles. The third-order valence-corrected chi connectivity index (χ3v) is 3.71. The Balaban J connectivity index is 1.90. The summed E-state index contributed by atoms with van der Waals surface area (Å²) in [4.78, 5) is 2.31. The molecular formula is C16H18N2O. The van der Waals surface area contributed by atoms with Crippen LogP contribution in [0.5, 0.6) is 5.75 Å². The fourth-order valence-electron chi connectivity index (χ4n) is 2.67. The number of hydrogen-bond acceptors (Lipinski definition) is 3. The molecular weight excluding hydrogens is 236 g/mol. The van der Waals surface area contributed by atoms with Crippen molar-refractivity contribution in [2.45, 2.75) is 12.6 Å². The topological polar surface area (TPSA) is 35.5 Å². The van der Waals surface area contributed by atoms with Gasteiger partial charge in [0.05, 0.1) is 6.04 Å². The lowest BCUT2D eigenvalue weighted by Gasteiger charge is -2.25. The first kappa shape index (κ1) is 12.1. The average molecular weight is 254 g/mol. The number of hydrogen-bond donors (Lipinski definition) is 2.